The Kier molecular flexibility index (Phi) is 6.69. The molecule has 0 bridgehead atoms. The van der Waals surface area contributed by atoms with Gasteiger partial charge in [0.15, 0.2) is 0 Å². The van der Waals surface area contributed by atoms with Crippen molar-refractivity contribution in [1.82, 2.24) is 24.2 Å². The number of fused-ring (bicyclic) bond motifs is 1. The van der Waals surface area contributed by atoms with Gasteiger partial charge in [0.05, 0.1) is 29.1 Å². The fraction of sp³-hybridized carbons (Fsp3) is 0.250. The molecule has 4 rings (SSSR count). The third kappa shape index (κ3) is 5.12. The Morgan fingerprint density at radius 3 is 2.62 bits per heavy atom. The maximum Gasteiger partial charge on any atom is 0.256 e. The summed E-state index contributed by atoms with van der Waals surface area (Å²) in [5.41, 5.74) is 3.75. The van der Waals surface area contributed by atoms with Gasteiger partial charge in [-0.3, -0.25) is 14.3 Å². The van der Waals surface area contributed by atoms with Crippen LogP contribution in [0, 0.1) is 5.82 Å². The van der Waals surface area contributed by atoms with Crippen molar-refractivity contribution in [1.29, 1.82) is 0 Å². The number of carbonyl (C=O) groups excluding carboxylic acids is 2. The number of rotatable bonds is 8. The van der Waals surface area contributed by atoms with Crippen molar-refractivity contribution in [2.24, 2.45) is 7.05 Å². The Bertz CT molecular complexity index is 1330. The molecule has 0 unspecified atom stereocenters. The molecule has 0 radical (unpaired) electrons. The zero-order valence-corrected chi connectivity index (χ0v) is 19.2. The van der Waals surface area contributed by atoms with Crippen LogP contribution < -0.4 is 5.32 Å². The number of nitrogens with zero attached hydrogens (tertiary/aromatic N) is 5. The number of nitrogens with one attached hydrogen (secondary N) is 1. The summed E-state index contributed by atoms with van der Waals surface area (Å²) in [6.45, 7) is 0.653. The van der Waals surface area contributed by atoms with Gasteiger partial charge in [0, 0.05) is 51.7 Å². The minimum absolute atomic E-state index is 0.110. The van der Waals surface area contributed by atoms with Gasteiger partial charge in [0.25, 0.3) is 5.91 Å². The number of amides is 2. The van der Waals surface area contributed by atoms with Crippen LogP contribution in [0.2, 0.25) is 0 Å². The molecule has 2 amide bonds. The molecule has 34 heavy (non-hydrogen) atoms. The first-order valence-corrected chi connectivity index (χ1v) is 10.6. The predicted octanol–water partition coefficient (Wildman–Crippen LogP) is 2.81. The molecule has 4 aromatic rings. The molecule has 9 nitrogen and oxygen atoms in total. The molecule has 0 atom stereocenters. The van der Waals surface area contributed by atoms with Gasteiger partial charge in [-0.25, -0.2) is 9.37 Å². The average molecular weight is 465 g/mol. The second kappa shape index (κ2) is 9.84. The van der Waals surface area contributed by atoms with E-state index < -0.39 is 0 Å². The van der Waals surface area contributed by atoms with Crippen molar-refractivity contribution in [3.63, 3.8) is 0 Å². The van der Waals surface area contributed by atoms with Crippen LogP contribution in [0.25, 0.3) is 11.0 Å². The monoisotopic (exact) mass is 464 g/mol. The highest BCUT2D eigenvalue weighted by Crippen LogP contribution is 2.26. The lowest BCUT2D eigenvalue weighted by molar-refractivity contribution is -0.119. The lowest BCUT2D eigenvalue weighted by Crippen LogP contribution is -2.27. The van der Waals surface area contributed by atoms with E-state index in [0.29, 0.717) is 35.4 Å². The molecule has 0 aliphatic carbocycles. The Balaban J connectivity index is 1.73. The fourth-order valence-corrected chi connectivity index (χ4v) is 3.78. The van der Waals surface area contributed by atoms with Crippen LogP contribution in [0.3, 0.4) is 0 Å². The van der Waals surface area contributed by atoms with Crippen molar-refractivity contribution in [3.05, 3.63) is 77.6 Å². The Hall–Kier alpha value is -4.05. The third-order valence-electron chi connectivity index (χ3n) is 5.29. The zero-order valence-electron chi connectivity index (χ0n) is 19.2. The minimum Gasteiger partial charge on any atom is -0.375 e. The number of carbonyl (C=O) groups is 2. The van der Waals surface area contributed by atoms with E-state index in [1.807, 2.05) is 17.8 Å². The first-order chi connectivity index (χ1) is 16.3. The molecule has 1 N–H and O–H groups in total. The minimum atomic E-state index is -0.338. The van der Waals surface area contributed by atoms with Gasteiger partial charge >= 0.3 is 0 Å². The number of ether oxygens (including phenoxy) is 1. The van der Waals surface area contributed by atoms with Crippen LogP contribution in [0.4, 0.5) is 10.1 Å². The summed E-state index contributed by atoms with van der Waals surface area (Å²) >= 11 is 0. The number of hydrogen-bond donors (Lipinski definition) is 1. The Labute approximate surface area is 195 Å². The molecule has 2 heterocycles. The van der Waals surface area contributed by atoms with Crippen LogP contribution in [-0.2, 0) is 29.7 Å². The van der Waals surface area contributed by atoms with Gasteiger partial charge in [0.2, 0.25) is 5.91 Å². The van der Waals surface area contributed by atoms with E-state index >= 15 is 0 Å². The predicted molar refractivity (Wildman–Crippen MR) is 125 cm³/mol. The first-order valence-electron chi connectivity index (χ1n) is 10.6. The van der Waals surface area contributed by atoms with Crippen molar-refractivity contribution in [2.75, 3.05) is 26.1 Å². The van der Waals surface area contributed by atoms with Gasteiger partial charge in [-0.1, -0.05) is 12.1 Å². The normalized spacial score (nSPS) is 11.1. The van der Waals surface area contributed by atoms with E-state index in [0.717, 1.165) is 11.1 Å². The second-order valence-electron chi connectivity index (χ2n) is 8.06. The van der Waals surface area contributed by atoms with Crippen molar-refractivity contribution < 1.29 is 18.7 Å². The molecule has 0 fully saturated rings. The SMILES string of the molecule is COCC(=O)Nc1cc(C(=O)N(C)Cc2cnn(C)c2)c2c(c1)ncn2Cc1ccc(F)cc1. The molecule has 2 aromatic carbocycles. The lowest BCUT2D eigenvalue weighted by atomic mass is 10.1. The summed E-state index contributed by atoms with van der Waals surface area (Å²) in [5.74, 6) is -0.893. The lowest BCUT2D eigenvalue weighted by Gasteiger charge is -2.19. The molecule has 0 aliphatic heterocycles. The van der Waals surface area contributed by atoms with Crippen LogP contribution in [-0.4, -0.2) is 56.8 Å². The number of benzene rings is 2. The molecule has 0 aliphatic rings. The smallest absolute Gasteiger partial charge is 0.256 e. The molecular formula is C24H25FN6O3. The number of halogens is 1. The fourth-order valence-electron chi connectivity index (χ4n) is 3.78. The van der Waals surface area contributed by atoms with Gasteiger partial charge in [-0.15, -0.1) is 0 Å². The molecule has 0 spiro atoms. The summed E-state index contributed by atoms with van der Waals surface area (Å²) in [6.07, 6.45) is 5.19. The molecule has 0 saturated carbocycles. The first kappa shape index (κ1) is 23.1. The molecule has 176 valence electrons. The van der Waals surface area contributed by atoms with Crippen molar-refractivity contribution in [2.45, 2.75) is 13.1 Å². The van der Waals surface area contributed by atoms with E-state index in [9.17, 15) is 14.0 Å². The van der Waals surface area contributed by atoms with Gasteiger partial charge in [-0.2, -0.15) is 5.10 Å². The number of aryl methyl sites for hydroxylation is 1. The van der Waals surface area contributed by atoms with Crippen molar-refractivity contribution >= 4 is 28.5 Å². The van der Waals surface area contributed by atoms with Crippen LogP contribution in [0.1, 0.15) is 21.5 Å². The molecule has 0 saturated heterocycles. The highest BCUT2D eigenvalue weighted by molar-refractivity contribution is 6.07. The number of imidazole rings is 1. The maximum absolute atomic E-state index is 13.6. The summed E-state index contributed by atoms with van der Waals surface area (Å²) < 4.78 is 21.7. The standard InChI is InChI=1S/C24H25FN6O3/c1-29(11-17-10-27-30(2)12-17)24(33)20-8-19(28-22(32)14-34-3)9-21-23(20)31(15-26-21)13-16-4-6-18(25)7-5-16/h4-10,12,15H,11,13-14H2,1-3H3,(H,28,32). The van der Waals surface area contributed by atoms with E-state index in [2.05, 4.69) is 15.4 Å². The number of hydrogen-bond acceptors (Lipinski definition) is 5. The molecule has 10 heteroatoms. The third-order valence-corrected chi connectivity index (χ3v) is 5.29. The number of aromatic nitrogens is 4. The maximum atomic E-state index is 13.6. The second-order valence-corrected chi connectivity index (χ2v) is 8.06. The highest BCUT2D eigenvalue weighted by atomic mass is 19.1. The molecule has 2 aromatic heterocycles. The van der Waals surface area contributed by atoms with Gasteiger partial charge < -0.3 is 19.5 Å². The van der Waals surface area contributed by atoms with Crippen LogP contribution >= 0.6 is 0 Å². The van der Waals surface area contributed by atoms with E-state index in [1.165, 1.54) is 19.2 Å². The average Bonchev–Trinajstić information content (AvgIpc) is 3.40. The number of anilines is 1. The number of methoxy groups -OCH3 is 1. The largest absolute Gasteiger partial charge is 0.375 e. The quantitative estimate of drug-likeness (QED) is 0.433. The van der Waals surface area contributed by atoms with Crippen LogP contribution in [0.5, 0.6) is 0 Å². The van der Waals surface area contributed by atoms with Crippen molar-refractivity contribution in [3.8, 4) is 0 Å². The van der Waals surface area contributed by atoms with Gasteiger partial charge in [-0.05, 0) is 29.8 Å². The summed E-state index contributed by atoms with van der Waals surface area (Å²) in [6, 6.07) is 9.52. The summed E-state index contributed by atoms with van der Waals surface area (Å²) in [4.78, 5) is 31.7. The van der Waals surface area contributed by atoms with E-state index in [1.54, 1.807) is 53.4 Å². The highest BCUT2D eigenvalue weighted by Gasteiger charge is 2.21. The van der Waals surface area contributed by atoms with E-state index in [-0.39, 0.29) is 24.2 Å². The Morgan fingerprint density at radius 1 is 1.18 bits per heavy atom. The zero-order chi connectivity index (χ0) is 24.2. The van der Waals surface area contributed by atoms with Crippen LogP contribution in [0.15, 0.2) is 55.1 Å². The molecular weight excluding hydrogens is 439 g/mol. The van der Waals surface area contributed by atoms with Gasteiger partial charge in [0.1, 0.15) is 12.4 Å². The Morgan fingerprint density at radius 2 is 1.94 bits per heavy atom. The topological polar surface area (TPSA) is 94.3 Å². The summed E-state index contributed by atoms with van der Waals surface area (Å²) in [7, 11) is 4.95. The van der Waals surface area contributed by atoms with E-state index in [4.69, 9.17) is 4.74 Å². The summed E-state index contributed by atoms with van der Waals surface area (Å²) in [5, 5.41) is 6.90.